The number of hydrogen-bond acceptors (Lipinski definition) is 5. The van der Waals surface area contributed by atoms with Crippen molar-refractivity contribution >= 4 is 34.8 Å². The monoisotopic (exact) mass is 460 g/mol. The summed E-state index contributed by atoms with van der Waals surface area (Å²) >= 11 is 7.25. The van der Waals surface area contributed by atoms with Crippen LogP contribution in [-0.2, 0) is 13.2 Å². The van der Waals surface area contributed by atoms with Gasteiger partial charge in [0, 0.05) is 10.6 Å². The van der Waals surface area contributed by atoms with E-state index < -0.39 is 11.6 Å². The summed E-state index contributed by atoms with van der Waals surface area (Å²) in [6, 6.07) is 11.9. The quantitative estimate of drug-likeness (QED) is 0.414. The normalized spacial score (nSPS) is 10.8. The molecule has 6 nitrogen and oxygen atoms in total. The second kappa shape index (κ2) is 9.23. The molecule has 158 valence electrons. The van der Waals surface area contributed by atoms with Gasteiger partial charge in [-0.05, 0) is 41.3 Å². The van der Waals surface area contributed by atoms with Crippen molar-refractivity contribution in [2.75, 3.05) is 5.32 Å². The predicted octanol–water partition coefficient (Wildman–Crippen LogP) is 5.15. The summed E-state index contributed by atoms with van der Waals surface area (Å²) in [7, 11) is 0. The van der Waals surface area contributed by atoms with E-state index in [1.807, 2.05) is 0 Å². The molecule has 0 fully saturated rings. The second-order valence-corrected chi connectivity index (χ2v) is 7.81. The minimum absolute atomic E-state index is 0.126. The number of thiophene rings is 1. The number of rotatable bonds is 7. The molecular weight excluding hydrogens is 446 g/mol. The molecule has 0 saturated carbocycles. The minimum atomic E-state index is -0.445. The lowest BCUT2D eigenvalue weighted by atomic mass is 10.2. The van der Waals surface area contributed by atoms with Crippen molar-refractivity contribution in [3.8, 4) is 5.75 Å². The topological polar surface area (TPSA) is 69.0 Å². The van der Waals surface area contributed by atoms with Crippen LogP contribution in [0.25, 0.3) is 0 Å². The predicted molar refractivity (Wildman–Crippen MR) is 114 cm³/mol. The molecule has 0 aliphatic heterocycles. The number of anilines is 1. The third kappa shape index (κ3) is 5.25. The summed E-state index contributed by atoms with van der Waals surface area (Å²) < 4.78 is 33.7. The van der Waals surface area contributed by atoms with Crippen LogP contribution in [0.15, 0.2) is 60.2 Å². The molecule has 2 heterocycles. The van der Waals surface area contributed by atoms with Crippen LogP contribution in [0.2, 0.25) is 5.02 Å². The number of benzene rings is 2. The molecule has 4 rings (SSSR count). The number of carbonyl (C=O) groups excluding carboxylic acids is 1. The lowest BCUT2D eigenvalue weighted by molar-refractivity contribution is 0.102. The Labute approximate surface area is 185 Å². The number of nitrogens with one attached hydrogen (secondary N) is 1. The van der Waals surface area contributed by atoms with Crippen molar-refractivity contribution in [2.24, 2.45) is 0 Å². The van der Waals surface area contributed by atoms with Crippen LogP contribution < -0.4 is 10.1 Å². The van der Waals surface area contributed by atoms with Crippen molar-refractivity contribution in [3.63, 3.8) is 0 Å². The third-order valence-electron chi connectivity index (χ3n) is 4.22. The van der Waals surface area contributed by atoms with Crippen molar-refractivity contribution in [1.29, 1.82) is 0 Å². The average molecular weight is 461 g/mol. The zero-order valence-corrected chi connectivity index (χ0v) is 17.5. The van der Waals surface area contributed by atoms with E-state index in [-0.39, 0.29) is 35.8 Å². The Morgan fingerprint density at radius 1 is 1.19 bits per heavy atom. The van der Waals surface area contributed by atoms with Crippen LogP contribution in [0, 0.1) is 11.6 Å². The Morgan fingerprint density at radius 2 is 2.03 bits per heavy atom. The standard InChI is InChI=1S/C21H15ClF2N4O2S/c22-16-8-15(23)6-5-14(16)9-28-12-25-21(27-28)26-20(29)19-7-13(11-31-19)10-30-18-4-2-1-3-17(18)24/h1-8,11-12H,9-10H2,(H,26,27,29). The zero-order chi connectivity index (χ0) is 21.8. The maximum absolute atomic E-state index is 13.6. The van der Waals surface area contributed by atoms with Gasteiger partial charge in [-0.3, -0.25) is 10.1 Å². The van der Waals surface area contributed by atoms with E-state index in [9.17, 15) is 13.6 Å². The summed E-state index contributed by atoms with van der Waals surface area (Å²) in [5.74, 6) is -0.967. The summed E-state index contributed by atoms with van der Waals surface area (Å²) in [5.41, 5.74) is 1.41. The van der Waals surface area contributed by atoms with Crippen molar-refractivity contribution in [2.45, 2.75) is 13.2 Å². The molecular formula is C21H15ClF2N4O2S. The number of carbonyl (C=O) groups is 1. The van der Waals surface area contributed by atoms with Gasteiger partial charge in [0.05, 0.1) is 11.4 Å². The number of nitrogens with zero attached hydrogens (tertiary/aromatic N) is 3. The summed E-state index contributed by atoms with van der Waals surface area (Å²) in [6.45, 7) is 0.411. The van der Waals surface area contributed by atoms with Crippen LogP contribution >= 0.6 is 22.9 Å². The Kier molecular flexibility index (Phi) is 6.24. The first kappa shape index (κ1) is 21.0. The number of amides is 1. The first-order valence-corrected chi connectivity index (χ1v) is 10.3. The molecule has 4 aromatic rings. The molecule has 0 atom stereocenters. The van der Waals surface area contributed by atoms with E-state index in [0.29, 0.717) is 10.4 Å². The van der Waals surface area contributed by atoms with Crippen LogP contribution in [0.3, 0.4) is 0 Å². The van der Waals surface area contributed by atoms with Gasteiger partial charge in [-0.1, -0.05) is 29.8 Å². The zero-order valence-electron chi connectivity index (χ0n) is 15.9. The highest BCUT2D eigenvalue weighted by Crippen LogP contribution is 2.21. The second-order valence-electron chi connectivity index (χ2n) is 6.49. The summed E-state index contributed by atoms with van der Waals surface area (Å²) in [6.07, 6.45) is 1.44. The van der Waals surface area contributed by atoms with Gasteiger partial charge in [0.25, 0.3) is 5.91 Å². The molecule has 0 aliphatic carbocycles. The Morgan fingerprint density at radius 3 is 2.84 bits per heavy atom. The molecule has 31 heavy (non-hydrogen) atoms. The fourth-order valence-electron chi connectivity index (χ4n) is 2.71. The SMILES string of the molecule is O=C(Nc1ncn(Cc2ccc(F)cc2Cl)n1)c1cc(COc2ccccc2F)cs1. The highest BCUT2D eigenvalue weighted by molar-refractivity contribution is 7.12. The van der Waals surface area contributed by atoms with Gasteiger partial charge < -0.3 is 4.74 Å². The smallest absolute Gasteiger partial charge is 0.268 e. The Balaban J connectivity index is 1.35. The molecule has 0 unspecified atom stereocenters. The van der Waals surface area contributed by atoms with Gasteiger partial charge in [-0.2, -0.15) is 0 Å². The van der Waals surface area contributed by atoms with Gasteiger partial charge >= 0.3 is 0 Å². The van der Waals surface area contributed by atoms with E-state index in [1.54, 1.807) is 29.6 Å². The molecule has 0 aliphatic rings. The maximum atomic E-state index is 13.6. The molecule has 0 saturated heterocycles. The minimum Gasteiger partial charge on any atom is -0.486 e. The molecule has 1 N–H and O–H groups in total. The Bertz CT molecular complexity index is 1230. The molecule has 10 heteroatoms. The van der Waals surface area contributed by atoms with Gasteiger partial charge in [0.15, 0.2) is 11.6 Å². The summed E-state index contributed by atoms with van der Waals surface area (Å²) in [4.78, 5) is 17.0. The highest BCUT2D eigenvalue weighted by Gasteiger charge is 2.13. The lowest BCUT2D eigenvalue weighted by Gasteiger charge is -2.05. The van der Waals surface area contributed by atoms with Gasteiger partial charge in [0.1, 0.15) is 18.8 Å². The number of halogens is 3. The lowest BCUT2D eigenvalue weighted by Crippen LogP contribution is -2.12. The van der Waals surface area contributed by atoms with E-state index in [4.69, 9.17) is 16.3 Å². The van der Waals surface area contributed by atoms with Crippen molar-refractivity contribution in [1.82, 2.24) is 14.8 Å². The van der Waals surface area contributed by atoms with E-state index in [2.05, 4.69) is 15.4 Å². The molecule has 0 radical (unpaired) electrons. The van der Waals surface area contributed by atoms with Crippen molar-refractivity contribution in [3.05, 3.63) is 92.9 Å². The van der Waals surface area contributed by atoms with Crippen molar-refractivity contribution < 1.29 is 18.3 Å². The fourth-order valence-corrected chi connectivity index (χ4v) is 3.73. The van der Waals surface area contributed by atoms with Crippen LogP contribution in [0.5, 0.6) is 5.75 Å². The van der Waals surface area contributed by atoms with E-state index >= 15 is 0 Å². The van der Waals surface area contributed by atoms with Crippen LogP contribution in [0.4, 0.5) is 14.7 Å². The number of para-hydroxylation sites is 1. The molecule has 0 spiro atoms. The largest absolute Gasteiger partial charge is 0.486 e. The molecule has 2 aromatic heterocycles. The maximum Gasteiger partial charge on any atom is 0.268 e. The number of ether oxygens (including phenoxy) is 1. The number of aromatic nitrogens is 3. The van der Waals surface area contributed by atoms with Crippen LogP contribution in [0.1, 0.15) is 20.8 Å². The molecule has 2 aromatic carbocycles. The first-order valence-electron chi connectivity index (χ1n) is 9.07. The number of hydrogen-bond donors (Lipinski definition) is 1. The average Bonchev–Trinajstić information content (AvgIpc) is 3.39. The van der Waals surface area contributed by atoms with E-state index in [1.165, 1.54) is 46.6 Å². The van der Waals surface area contributed by atoms with E-state index in [0.717, 1.165) is 5.56 Å². The fraction of sp³-hybridized carbons (Fsp3) is 0.0952. The van der Waals surface area contributed by atoms with Gasteiger partial charge in [-0.25, -0.2) is 18.4 Å². The van der Waals surface area contributed by atoms with Crippen LogP contribution in [-0.4, -0.2) is 20.7 Å². The van der Waals surface area contributed by atoms with Gasteiger partial charge in [-0.15, -0.1) is 16.4 Å². The summed E-state index contributed by atoms with van der Waals surface area (Å²) in [5, 5.41) is 8.85. The third-order valence-corrected chi connectivity index (χ3v) is 5.55. The van der Waals surface area contributed by atoms with Gasteiger partial charge in [0.2, 0.25) is 5.95 Å². The molecule has 0 bridgehead atoms. The Hall–Kier alpha value is -3.30. The molecule has 1 amide bonds. The highest BCUT2D eigenvalue weighted by atomic mass is 35.5. The first-order chi connectivity index (χ1) is 15.0.